The van der Waals surface area contributed by atoms with Crippen molar-refractivity contribution in [1.82, 2.24) is 15.1 Å². The van der Waals surface area contributed by atoms with Crippen LogP contribution in [0.3, 0.4) is 0 Å². The summed E-state index contributed by atoms with van der Waals surface area (Å²) < 4.78 is 0. The number of hydrogen-bond donors (Lipinski definition) is 1. The van der Waals surface area contributed by atoms with Gasteiger partial charge >= 0.3 is 0 Å². The standard InChI is InChI=1S/C12H25N3/c1-3-13-6-8-14-10-12-5-4-7-15(12)9-11(14)2/h11-13H,3-10H2,1-2H3. The van der Waals surface area contributed by atoms with Crippen molar-refractivity contribution in [3.05, 3.63) is 0 Å². The van der Waals surface area contributed by atoms with Gasteiger partial charge in [-0.2, -0.15) is 0 Å². The topological polar surface area (TPSA) is 18.5 Å². The average molecular weight is 211 g/mol. The van der Waals surface area contributed by atoms with Crippen LogP contribution >= 0.6 is 0 Å². The van der Waals surface area contributed by atoms with Crippen LogP contribution in [0.1, 0.15) is 26.7 Å². The molecule has 2 unspecified atom stereocenters. The second-order valence-corrected chi connectivity index (χ2v) is 4.99. The van der Waals surface area contributed by atoms with Gasteiger partial charge in [0.2, 0.25) is 0 Å². The molecule has 0 spiro atoms. The zero-order chi connectivity index (χ0) is 10.7. The summed E-state index contributed by atoms with van der Waals surface area (Å²) in [5.41, 5.74) is 0. The van der Waals surface area contributed by atoms with Crippen LogP contribution in [0.15, 0.2) is 0 Å². The molecule has 2 saturated heterocycles. The van der Waals surface area contributed by atoms with Gasteiger partial charge < -0.3 is 5.32 Å². The van der Waals surface area contributed by atoms with E-state index in [2.05, 4.69) is 29.0 Å². The molecule has 0 bridgehead atoms. The lowest BCUT2D eigenvalue weighted by Gasteiger charge is -2.42. The molecular weight excluding hydrogens is 186 g/mol. The maximum atomic E-state index is 3.42. The van der Waals surface area contributed by atoms with Gasteiger partial charge in [0.25, 0.3) is 0 Å². The zero-order valence-corrected chi connectivity index (χ0v) is 10.2. The van der Waals surface area contributed by atoms with Crippen LogP contribution in [-0.4, -0.2) is 61.2 Å². The van der Waals surface area contributed by atoms with E-state index in [1.807, 2.05) is 0 Å². The van der Waals surface area contributed by atoms with Gasteiger partial charge in [0.05, 0.1) is 0 Å². The van der Waals surface area contributed by atoms with Crippen molar-refractivity contribution < 1.29 is 0 Å². The molecule has 0 aliphatic carbocycles. The van der Waals surface area contributed by atoms with E-state index in [1.165, 1.54) is 39.0 Å². The Balaban J connectivity index is 1.79. The Morgan fingerprint density at radius 2 is 2.20 bits per heavy atom. The summed E-state index contributed by atoms with van der Waals surface area (Å²) in [4.78, 5) is 5.35. The first kappa shape index (κ1) is 11.4. The van der Waals surface area contributed by atoms with Crippen LogP contribution in [0.2, 0.25) is 0 Å². The van der Waals surface area contributed by atoms with E-state index in [1.54, 1.807) is 0 Å². The minimum atomic E-state index is 0.748. The third-order valence-corrected chi connectivity index (χ3v) is 3.89. The molecule has 88 valence electrons. The molecule has 2 aliphatic heterocycles. The van der Waals surface area contributed by atoms with Gasteiger partial charge in [-0.1, -0.05) is 6.92 Å². The number of nitrogens with one attached hydrogen (secondary N) is 1. The number of nitrogens with zero attached hydrogens (tertiary/aromatic N) is 2. The molecule has 3 nitrogen and oxygen atoms in total. The van der Waals surface area contributed by atoms with Crippen LogP contribution in [-0.2, 0) is 0 Å². The first-order valence-corrected chi connectivity index (χ1v) is 6.50. The number of fused-ring (bicyclic) bond motifs is 1. The molecule has 2 aliphatic rings. The number of piperazine rings is 1. The van der Waals surface area contributed by atoms with Gasteiger partial charge in [-0.05, 0) is 32.9 Å². The van der Waals surface area contributed by atoms with Crippen molar-refractivity contribution in [2.75, 3.05) is 39.3 Å². The molecule has 15 heavy (non-hydrogen) atoms. The van der Waals surface area contributed by atoms with Crippen LogP contribution < -0.4 is 5.32 Å². The molecule has 0 radical (unpaired) electrons. The Hall–Kier alpha value is -0.120. The van der Waals surface area contributed by atoms with Gasteiger partial charge in [-0.15, -0.1) is 0 Å². The number of hydrogen-bond acceptors (Lipinski definition) is 3. The molecule has 0 aromatic heterocycles. The minimum absolute atomic E-state index is 0.748. The quantitative estimate of drug-likeness (QED) is 0.693. The summed E-state index contributed by atoms with van der Waals surface area (Å²) in [6, 6.07) is 1.61. The molecule has 2 atom stereocenters. The fourth-order valence-corrected chi connectivity index (χ4v) is 2.96. The Morgan fingerprint density at radius 1 is 1.33 bits per heavy atom. The lowest BCUT2D eigenvalue weighted by atomic mass is 10.1. The van der Waals surface area contributed by atoms with Crippen molar-refractivity contribution >= 4 is 0 Å². The fraction of sp³-hybridized carbons (Fsp3) is 1.00. The molecule has 1 N–H and O–H groups in total. The molecule has 3 heteroatoms. The molecule has 0 aromatic rings. The molecule has 2 heterocycles. The van der Waals surface area contributed by atoms with E-state index >= 15 is 0 Å². The van der Waals surface area contributed by atoms with Gasteiger partial charge in [0.15, 0.2) is 0 Å². The molecule has 2 rings (SSSR count). The van der Waals surface area contributed by atoms with Crippen LogP contribution in [0.5, 0.6) is 0 Å². The van der Waals surface area contributed by atoms with E-state index in [0.29, 0.717) is 0 Å². The zero-order valence-electron chi connectivity index (χ0n) is 10.2. The number of rotatable bonds is 4. The predicted octanol–water partition coefficient (Wildman–Crippen LogP) is 0.764. The van der Waals surface area contributed by atoms with E-state index < -0.39 is 0 Å². The van der Waals surface area contributed by atoms with Gasteiger partial charge in [0, 0.05) is 38.3 Å². The lowest BCUT2D eigenvalue weighted by Crippen LogP contribution is -2.56. The maximum absolute atomic E-state index is 3.42. The summed E-state index contributed by atoms with van der Waals surface area (Å²) in [5.74, 6) is 0. The fourth-order valence-electron chi connectivity index (χ4n) is 2.96. The van der Waals surface area contributed by atoms with E-state index in [9.17, 15) is 0 Å². The van der Waals surface area contributed by atoms with Crippen molar-refractivity contribution in [1.29, 1.82) is 0 Å². The monoisotopic (exact) mass is 211 g/mol. The molecule has 0 saturated carbocycles. The summed E-state index contributed by atoms with van der Waals surface area (Å²) >= 11 is 0. The summed E-state index contributed by atoms with van der Waals surface area (Å²) in [7, 11) is 0. The normalized spacial score (nSPS) is 33.2. The third-order valence-electron chi connectivity index (χ3n) is 3.89. The van der Waals surface area contributed by atoms with Crippen LogP contribution in [0, 0.1) is 0 Å². The SMILES string of the molecule is CCNCCN1CC2CCCN2CC1C. The van der Waals surface area contributed by atoms with E-state index in [4.69, 9.17) is 0 Å². The lowest BCUT2D eigenvalue weighted by molar-refractivity contribution is 0.0605. The summed E-state index contributed by atoms with van der Waals surface area (Å²) in [6.45, 7) is 11.9. The Bertz CT molecular complexity index is 195. The molecule has 0 aromatic carbocycles. The largest absolute Gasteiger partial charge is 0.316 e. The first-order chi connectivity index (χ1) is 7.31. The Kier molecular flexibility index (Phi) is 4.00. The highest BCUT2D eigenvalue weighted by molar-refractivity contribution is 4.90. The second-order valence-electron chi connectivity index (χ2n) is 4.99. The minimum Gasteiger partial charge on any atom is -0.316 e. The summed E-state index contributed by atoms with van der Waals surface area (Å²) in [6.07, 6.45) is 2.84. The van der Waals surface area contributed by atoms with E-state index in [-0.39, 0.29) is 0 Å². The Morgan fingerprint density at radius 3 is 3.00 bits per heavy atom. The molecule has 0 amide bonds. The van der Waals surface area contributed by atoms with Crippen molar-refractivity contribution in [2.24, 2.45) is 0 Å². The smallest absolute Gasteiger partial charge is 0.0224 e. The Labute approximate surface area is 93.8 Å². The highest BCUT2D eigenvalue weighted by Crippen LogP contribution is 2.23. The van der Waals surface area contributed by atoms with E-state index in [0.717, 1.165) is 25.2 Å². The van der Waals surface area contributed by atoms with Crippen molar-refractivity contribution in [3.8, 4) is 0 Å². The molecule has 2 fully saturated rings. The summed E-state index contributed by atoms with van der Waals surface area (Å²) in [5, 5.41) is 3.42. The highest BCUT2D eigenvalue weighted by atomic mass is 15.3. The first-order valence-electron chi connectivity index (χ1n) is 6.50. The van der Waals surface area contributed by atoms with Gasteiger partial charge in [-0.25, -0.2) is 0 Å². The average Bonchev–Trinajstić information content (AvgIpc) is 2.65. The highest BCUT2D eigenvalue weighted by Gasteiger charge is 2.33. The number of likely N-dealkylation sites (N-methyl/N-ethyl adjacent to an activating group) is 1. The third kappa shape index (κ3) is 2.71. The van der Waals surface area contributed by atoms with Crippen molar-refractivity contribution in [3.63, 3.8) is 0 Å². The van der Waals surface area contributed by atoms with Gasteiger partial charge in [-0.3, -0.25) is 9.80 Å². The second kappa shape index (κ2) is 5.28. The van der Waals surface area contributed by atoms with Gasteiger partial charge in [0.1, 0.15) is 0 Å². The van der Waals surface area contributed by atoms with Crippen LogP contribution in [0.4, 0.5) is 0 Å². The molecular formula is C12H25N3. The van der Waals surface area contributed by atoms with Crippen molar-refractivity contribution in [2.45, 2.75) is 38.8 Å². The maximum Gasteiger partial charge on any atom is 0.0224 e. The van der Waals surface area contributed by atoms with Crippen LogP contribution in [0.25, 0.3) is 0 Å². The predicted molar refractivity (Wildman–Crippen MR) is 64.2 cm³/mol.